The SMILES string of the molecule is CCC(CO)(CO)COC(=O)C(C(C)=O)(C(C)=O)C(C)=O. The van der Waals surface area contributed by atoms with Crippen LogP contribution in [0.4, 0.5) is 0 Å². The van der Waals surface area contributed by atoms with Gasteiger partial charge >= 0.3 is 5.97 Å². The van der Waals surface area contributed by atoms with Crippen molar-refractivity contribution < 1.29 is 34.1 Å². The summed E-state index contributed by atoms with van der Waals surface area (Å²) in [5.74, 6) is -4.01. The van der Waals surface area contributed by atoms with Crippen molar-refractivity contribution in [2.45, 2.75) is 34.1 Å². The number of hydrogen-bond donors (Lipinski definition) is 2. The van der Waals surface area contributed by atoms with Crippen LogP contribution in [-0.2, 0) is 23.9 Å². The van der Waals surface area contributed by atoms with Crippen LogP contribution in [0, 0.1) is 10.8 Å². The Morgan fingerprint density at radius 2 is 1.29 bits per heavy atom. The molecule has 0 spiro atoms. The van der Waals surface area contributed by atoms with Gasteiger partial charge in [-0.3, -0.25) is 14.4 Å². The number of hydrogen-bond acceptors (Lipinski definition) is 7. The fourth-order valence-corrected chi connectivity index (χ4v) is 1.97. The molecule has 0 amide bonds. The Bertz CT molecular complexity index is 390. The van der Waals surface area contributed by atoms with Gasteiger partial charge in [-0.25, -0.2) is 4.79 Å². The maximum atomic E-state index is 12.1. The topological polar surface area (TPSA) is 118 Å². The zero-order valence-electron chi connectivity index (χ0n) is 12.8. The lowest BCUT2D eigenvalue weighted by molar-refractivity contribution is -0.169. The molecule has 0 unspecified atom stereocenters. The lowest BCUT2D eigenvalue weighted by Crippen LogP contribution is -2.51. The number of carbonyl (C=O) groups excluding carboxylic acids is 4. The molecule has 0 radical (unpaired) electrons. The van der Waals surface area contributed by atoms with Gasteiger partial charge in [-0.15, -0.1) is 0 Å². The number of carbonyl (C=O) groups is 4. The van der Waals surface area contributed by atoms with Crippen LogP contribution >= 0.6 is 0 Å². The van der Waals surface area contributed by atoms with E-state index in [1.165, 1.54) is 0 Å². The van der Waals surface area contributed by atoms with Gasteiger partial charge in [-0.1, -0.05) is 6.92 Å². The van der Waals surface area contributed by atoms with Crippen molar-refractivity contribution >= 4 is 23.3 Å². The smallest absolute Gasteiger partial charge is 0.335 e. The number of ether oxygens (including phenoxy) is 1. The molecule has 0 fully saturated rings. The predicted octanol–water partition coefficient (Wildman–Crippen LogP) is -0.336. The molecule has 0 saturated heterocycles. The Morgan fingerprint density at radius 3 is 1.52 bits per heavy atom. The van der Waals surface area contributed by atoms with E-state index in [0.29, 0.717) is 6.42 Å². The van der Waals surface area contributed by atoms with Crippen molar-refractivity contribution in [2.24, 2.45) is 10.8 Å². The monoisotopic (exact) mass is 302 g/mol. The summed E-state index contributed by atoms with van der Waals surface area (Å²) in [5.41, 5.74) is -3.55. The lowest BCUT2D eigenvalue weighted by Gasteiger charge is -2.30. The third-order valence-electron chi connectivity index (χ3n) is 3.82. The van der Waals surface area contributed by atoms with Crippen LogP contribution in [0.25, 0.3) is 0 Å². The molecule has 0 atom stereocenters. The average molecular weight is 302 g/mol. The maximum absolute atomic E-state index is 12.1. The average Bonchev–Trinajstić information content (AvgIpc) is 2.40. The molecular formula is C14H22O7. The highest BCUT2D eigenvalue weighted by Crippen LogP contribution is 2.27. The van der Waals surface area contributed by atoms with Gasteiger partial charge in [-0.05, 0) is 27.2 Å². The standard InChI is InChI=1S/C14H22O7/c1-5-13(6-15,7-16)8-21-12(20)14(9(2)17,10(3)18)11(4)19/h15-16H,5-8H2,1-4H3. The largest absolute Gasteiger partial charge is 0.463 e. The molecule has 21 heavy (non-hydrogen) atoms. The van der Waals surface area contributed by atoms with Crippen LogP contribution in [0.1, 0.15) is 34.1 Å². The highest BCUT2D eigenvalue weighted by atomic mass is 16.5. The van der Waals surface area contributed by atoms with Gasteiger partial charge in [0.05, 0.1) is 18.6 Å². The van der Waals surface area contributed by atoms with Gasteiger partial charge in [0.2, 0.25) is 5.41 Å². The van der Waals surface area contributed by atoms with Crippen molar-refractivity contribution in [1.29, 1.82) is 0 Å². The Labute approximate surface area is 123 Å². The molecule has 0 aromatic heterocycles. The van der Waals surface area contributed by atoms with Crippen molar-refractivity contribution in [1.82, 2.24) is 0 Å². The van der Waals surface area contributed by atoms with E-state index < -0.39 is 54.0 Å². The summed E-state index contributed by atoms with van der Waals surface area (Å²) in [5, 5.41) is 18.5. The van der Waals surface area contributed by atoms with Crippen LogP contribution in [0.3, 0.4) is 0 Å². The van der Waals surface area contributed by atoms with Gasteiger partial charge in [0.15, 0.2) is 17.3 Å². The Morgan fingerprint density at radius 1 is 0.905 bits per heavy atom. The lowest BCUT2D eigenvalue weighted by atomic mass is 9.76. The Hall–Kier alpha value is -1.60. The fraction of sp³-hybridized carbons (Fsp3) is 0.714. The number of aliphatic hydroxyl groups is 2. The first-order valence-corrected chi connectivity index (χ1v) is 6.56. The number of ketones is 3. The molecule has 0 aromatic carbocycles. The van der Waals surface area contributed by atoms with E-state index in [4.69, 9.17) is 4.74 Å². The van der Waals surface area contributed by atoms with E-state index in [2.05, 4.69) is 0 Å². The normalized spacial score (nSPS) is 11.9. The molecule has 2 N–H and O–H groups in total. The minimum Gasteiger partial charge on any atom is -0.463 e. The van der Waals surface area contributed by atoms with E-state index >= 15 is 0 Å². The van der Waals surface area contributed by atoms with Crippen LogP contribution in [0.15, 0.2) is 0 Å². The van der Waals surface area contributed by atoms with Crippen molar-refractivity contribution in [2.75, 3.05) is 19.8 Å². The molecule has 120 valence electrons. The van der Waals surface area contributed by atoms with Gasteiger partial charge < -0.3 is 14.9 Å². The second-order valence-electron chi connectivity index (χ2n) is 5.16. The second kappa shape index (κ2) is 7.42. The number of rotatable bonds is 9. The molecule has 7 nitrogen and oxygen atoms in total. The third kappa shape index (κ3) is 3.54. The minimum absolute atomic E-state index is 0.306. The fourth-order valence-electron chi connectivity index (χ4n) is 1.97. The minimum atomic E-state index is -2.47. The first-order chi connectivity index (χ1) is 9.64. The molecule has 0 bridgehead atoms. The van der Waals surface area contributed by atoms with E-state index in [1.54, 1.807) is 6.92 Å². The highest BCUT2D eigenvalue weighted by Gasteiger charge is 2.54. The third-order valence-corrected chi connectivity index (χ3v) is 3.82. The van der Waals surface area contributed by atoms with E-state index in [9.17, 15) is 29.4 Å². The number of aliphatic hydroxyl groups excluding tert-OH is 2. The summed E-state index contributed by atoms with van der Waals surface area (Å²) in [7, 11) is 0. The summed E-state index contributed by atoms with van der Waals surface area (Å²) in [4.78, 5) is 47.2. The molecular weight excluding hydrogens is 280 g/mol. The van der Waals surface area contributed by atoms with Gasteiger partial charge in [0.25, 0.3) is 0 Å². The zero-order valence-corrected chi connectivity index (χ0v) is 12.8. The van der Waals surface area contributed by atoms with Crippen LogP contribution in [0.5, 0.6) is 0 Å². The number of Topliss-reactive ketones (excluding diaryl/α,β-unsaturated/α-hetero) is 3. The molecule has 0 aliphatic carbocycles. The number of esters is 1. The second-order valence-corrected chi connectivity index (χ2v) is 5.16. The molecule has 0 saturated carbocycles. The summed E-state index contributed by atoms with van der Waals surface area (Å²) in [6, 6.07) is 0. The molecule has 0 heterocycles. The van der Waals surface area contributed by atoms with Crippen LogP contribution in [0.2, 0.25) is 0 Å². The van der Waals surface area contributed by atoms with E-state index in [0.717, 1.165) is 20.8 Å². The van der Waals surface area contributed by atoms with Gasteiger partial charge in [0.1, 0.15) is 6.61 Å². The molecule has 0 aliphatic heterocycles. The Balaban J connectivity index is 5.42. The first-order valence-electron chi connectivity index (χ1n) is 6.56. The van der Waals surface area contributed by atoms with E-state index in [1.807, 2.05) is 0 Å². The van der Waals surface area contributed by atoms with Crippen LogP contribution < -0.4 is 0 Å². The van der Waals surface area contributed by atoms with E-state index in [-0.39, 0.29) is 0 Å². The molecule has 0 aliphatic rings. The van der Waals surface area contributed by atoms with Crippen molar-refractivity contribution in [3.63, 3.8) is 0 Å². The summed E-state index contributed by atoms with van der Waals surface area (Å²) in [6.07, 6.45) is 0.306. The van der Waals surface area contributed by atoms with Gasteiger partial charge in [-0.2, -0.15) is 0 Å². The maximum Gasteiger partial charge on any atom is 0.335 e. The van der Waals surface area contributed by atoms with Crippen molar-refractivity contribution in [3.05, 3.63) is 0 Å². The van der Waals surface area contributed by atoms with Gasteiger partial charge in [0, 0.05) is 0 Å². The summed E-state index contributed by atoms with van der Waals surface area (Å²) in [6.45, 7) is 3.29. The summed E-state index contributed by atoms with van der Waals surface area (Å²) < 4.78 is 4.91. The Kier molecular flexibility index (Phi) is 6.85. The highest BCUT2D eigenvalue weighted by molar-refractivity contribution is 6.36. The molecule has 0 rings (SSSR count). The molecule has 7 heteroatoms. The zero-order chi connectivity index (χ0) is 16.8. The summed E-state index contributed by atoms with van der Waals surface area (Å²) >= 11 is 0. The predicted molar refractivity (Wildman–Crippen MR) is 72.3 cm³/mol. The quantitative estimate of drug-likeness (QED) is 0.442. The van der Waals surface area contributed by atoms with Crippen molar-refractivity contribution in [3.8, 4) is 0 Å². The van der Waals surface area contributed by atoms with Crippen LogP contribution in [-0.4, -0.2) is 53.4 Å². The first kappa shape index (κ1) is 19.4. The molecule has 0 aromatic rings.